The maximum Gasteiger partial charge on any atom is 0.240 e. The van der Waals surface area contributed by atoms with Gasteiger partial charge in [0.2, 0.25) is 21.8 Å². The van der Waals surface area contributed by atoms with E-state index in [1.165, 1.54) is 5.56 Å². The summed E-state index contributed by atoms with van der Waals surface area (Å²) in [5.74, 6) is 0.298. The van der Waals surface area contributed by atoms with E-state index in [9.17, 15) is 18.0 Å². The van der Waals surface area contributed by atoms with Crippen LogP contribution in [0.5, 0.6) is 0 Å². The minimum atomic E-state index is -3.63. The largest absolute Gasteiger partial charge is 0.356 e. The number of anilines is 1. The molecule has 1 aliphatic heterocycles. The molecule has 7 nitrogen and oxygen atoms in total. The zero-order valence-electron chi connectivity index (χ0n) is 19.4. The minimum absolute atomic E-state index is 0.00317. The summed E-state index contributed by atoms with van der Waals surface area (Å²) < 4.78 is 28.5. The molecule has 2 aromatic carbocycles. The number of sulfonamides is 1. The van der Waals surface area contributed by atoms with Crippen molar-refractivity contribution in [2.45, 2.75) is 56.3 Å². The molecule has 1 fully saturated rings. The second-order valence-electron chi connectivity index (χ2n) is 9.32. The fourth-order valence-corrected chi connectivity index (χ4v) is 5.94. The van der Waals surface area contributed by atoms with Crippen molar-refractivity contribution in [3.05, 3.63) is 59.7 Å². The molecule has 4 rings (SSSR count). The molecule has 2 aromatic rings. The predicted octanol–water partition coefficient (Wildman–Crippen LogP) is 3.41. The number of carbonyl (C=O) groups excluding carboxylic acids is 2. The van der Waals surface area contributed by atoms with Gasteiger partial charge in [-0.1, -0.05) is 30.3 Å². The highest BCUT2D eigenvalue weighted by atomic mass is 32.2. The van der Waals surface area contributed by atoms with Crippen molar-refractivity contribution >= 4 is 27.5 Å². The highest BCUT2D eigenvalue weighted by molar-refractivity contribution is 7.89. The van der Waals surface area contributed by atoms with Gasteiger partial charge in [0.15, 0.2) is 0 Å². The van der Waals surface area contributed by atoms with Crippen molar-refractivity contribution in [2.24, 2.45) is 11.8 Å². The van der Waals surface area contributed by atoms with Crippen molar-refractivity contribution in [3.63, 3.8) is 0 Å². The van der Waals surface area contributed by atoms with Gasteiger partial charge < -0.3 is 10.6 Å². The van der Waals surface area contributed by atoms with Crippen LogP contribution in [0.1, 0.15) is 49.7 Å². The Bertz CT molecular complexity index is 1110. The maximum absolute atomic E-state index is 12.9. The lowest BCUT2D eigenvalue weighted by molar-refractivity contribution is -0.126. The van der Waals surface area contributed by atoms with E-state index in [-0.39, 0.29) is 28.5 Å². The van der Waals surface area contributed by atoms with Crippen molar-refractivity contribution < 1.29 is 18.0 Å². The molecule has 0 spiro atoms. The van der Waals surface area contributed by atoms with Gasteiger partial charge in [-0.2, -0.15) is 0 Å². The van der Waals surface area contributed by atoms with Crippen LogP contribution in [-0.2, 0) is 32.5 Å². The van der Waals surface area contributed by atoms with Gasteiger partial charge in [0.25, 0.3) is 0 Å². The fraction of sp³-hybridized carbons (Fsp3) is 0.462. The van der Waals surface area contributed by atoms with E-state index in [2.05, 4.69) is 27.5 Å². The first kappa shape index (κ1) is 24.4. The Kier molecular flexibility index (Phi) is 8.00. The molecular weight excluding hydrogens is 450 g/mol. The molecule has 2 aliphatic rings. The van der Waals surface area contributed by atoms with E-state index in [0.717, 1.165) is 37.7 Å². The summed E-state index contributed by atoms with van der Waals surface area (Å²) in [5, 5.41) is 5.88. The van der Waals surface area contributed by atoms with Crippen LogP contribution in [0.25, 0.3) is 0 Å². The Morgan fingerprint density at radius 2 is 1.76 bits per heavy atom. The molecule has 8 heteroatoms. The third-order valence-electron chi connectivity index (χ3n) is 6.85. The first-order valence-corrected chi connectivity index (χ1v) is 13.6. The highest BCUT2D eigenvalue weighted by Crippen LogP contribution is 2.29. The fourth-order valence-electron chi connectivity index (χ4n) is 4.78. The smallest absolute Gasteiger partial charge is 0.240 e. The predicted molar refractivity (Wildman–Crippen MR) is 132 cm³/mol. The molecule has 0 radical (unpaired) electrons. The Labute approximate surface area is 201 Å². The van der Waals surface area contributed by atoms with E-state index < -0.39 is 10.0 Å². The Morgan fingerprint density at radius 3 is 2.53 bits per heavy atom. The van der Waals surface area contributed by atoms with E-state index in [1.54, 1.807) is 18.2 Å². The topological polar surface area (TPSA) is 104 Å². The van der Waals surface area contributed by atoms with Crippen LogP contribution in [0, 0.1) is 11.8 Å². The Hall–Kier alpha value is -2.71. The number of amides is 2. The molecule has 0 saturated heterocycles. The quantitative estimate of drug-likeness (QED) is 0.535. The van der Waals surface area contributed by atoms with Gasteiger partial charge in [0.05, 0.1) is 4.90 Å². The summed E-state index contributed by atoms with van der Waals surface area (Å²) in [7, 11) is -3.63. The number of fused-ring (bicyclic) bond motifs is 1. The number of hydrogen-bond donors (Lipinski definition) is 3. The number of rotatable bonds is 8. The molecule has 0 unspecified atom stereocenters. The molecule has 0 aromatic heterocycles. The summed E-state index contributed by atoms with van der Waals surface area (Å²) in [6, 6.07) is 15.0. The van der Waals surface area contributed by atoms with E-state index in [4.69, 9.17) is 0 Å². The molecule has 1 aliphatic carbocycles. The molecule has 0 atom stereocenters. The monoisotopic (exact) mass is 483 g/mol. The lowest BCUT2D eigenvalue weighted by atomic mass is 9.81. The zero-order valence-corrected chi connectivity index (χ0v) is 20.2. The van der Waals surface area contributed by atoms with E-state index in [0.29, 0.717) is 38.0 Å². The molecule has 182 valence electrons. The minimum Gasteiger partial charge on any atom is -0.356 e. The molecule has 3 N–H and O–H groups in total. The summed E-state index contributed by atoms with van der Waals surface area (Å²) in [5.41, 5.74) is 2.76. The molecular formula is C26H33N3O4S. The number of benzene rings is 2. The normalized spacial score (nSPS) is 20.6. The summed E-state index contributed by atoms with van der Waals surface area (Å²) in [6.45, 7) is 1.01. The molecule has 1 saturated carbocycles. The number of carbonyl (C=O) groups is 2. The summed E-state index contributed by atoms with van der Waals surface area (Å²) in [6.07, 6.45) is 5.87. The van der Waals surface area contributed by atoms with Gasteiger partial charge >= 0.3 is 0 Å². The van der Waals surface area contributed by atoms with E-state index >= 15 is 0 Å². The molecule has 34 heavy (non-hydrogen) atoms. The Morgan fingerprint density at radius 1 is 1.00 bits per heavy atom. The Balaban J connectivity index is 1.22. The summed E-state index contributed by atoms with van der Waals surface area (Å²) >= 11 is 0. The number of aryl methyl sites for hydroxylation is 1. The van der Waals surface area contributed by atoms with Crippen LogP contribution in [0.3, 0.4) is 0 Å². The average Bonchev–Trinajstić information content (AvgIpc) is 3.03. The van der Waals surface area contributed by atoms with Crippen LogP contribution in [0.4, 0.5) is 5.69 Å². The third kappa shape index (κ3) is 6.45. The SMILES string of the molecule is O=C1CCCc2cc(S(=O)(=O)NCC3CCC(C(=O)NCCc4ccccc4)CC3)ccc2N1. The van der Waals surface area contributed by atoms with Gasteiger partial charge in [0.1, 0.15) is 0 Å². The van der Waals surface area contributed by atoms with Crippen LogP contribution < -0.4 is 15.4 Å². The van der Waals surface area contributed by atoms with Crippen LogP contribution in [0.15, 0.2) is 53.4 Å². The second kappa shape index (κ2) is 11.1. The van der Waals surface area contributed by atoms with Crippen molar-refractivity contribution in [1.82, 2.24) is 10.0 Å². The lowest BCUT2D eigenvalue weighted by Gasteiger charge is -2.28. The first-order chi connectivity index (χ1) is 16.4. The zero-order chi connectivity index (χ0) is 24.0. The van der Waals surface area contributed by atoms with Gasteiger partial charge in [-0.15, -0.1) is 0 Å². The van der Waals surface area contributed by atoms with Gasteiger partial charge in [0, 0.05) is 31.1 Å². The maximum atomic E-state index is 12.9. The van der Waals surface area contributed by atoms with Crippen molar-refractivity contribution in [2.75, 3.05) is 18.4 Å². The standard InChI is InChI=1S/C26H33N3O4S/c30-25-8-4-7-22-17-23(13-14-24(22)29-25)34(32,33)28-18-20-9-11-21(12-10-20)26(31)27-16-15-19-5-2-1-3-6-19/h1-3,5-6,13-14,17,20-21,28H,4,7-12,15-16,18H2,(H,27,31)(H,29,30). The third-order valence-corrected chi connectivity index (χ3v) is 8.27. The highest BCUT2D eigenvalue weighted by Gasteiger charge is 2.27. The van der Waals surface area contributed by atoms with E-state index in [1.807, 2.05) is 18.2 Å². The van der Waals surface area contributed by atoms with Gasteiger partial charge in [-0.05, 0) is 80.2 Å². The van der Waals surface area contributed by atoms with Crippen LogP contribution in [0.2, 0.25) is 0 Å². The first-order valence-electron chi connectivity index (χ1n) is 12.1. The molecule has 1 heterocycles. The number of nitrogens with one attached hydrogen (secondary N) is 3. The molecule has 0 bridgehead atoms. The average molecular weight is 484 g/mol. The van der Waals surface area contributed by atoms with Crippen molar-refractivity contribution in [3.8, 4) is 0 Å². The van der Waals surface area contributed by atoms with Gasteiger partial charge in [-0.3, -0.25) is 9.59 Å². The molecule has 2 amide bonds. The second-order valence-corrected chi connectivity index (χ2v) is 11.1. The van der Waals surface area contributed by atoms with Crippen LogP contribution >= 0.6 is 0 Å². The van der Waals surface area contributed by atoms with Gasteiger partial charge in [-0.25, -0.2) is 13.1 Å². The lowest BCUT2D eigenvalue weighted by Crippen LogP contribution is -2.36. The van der Waals surface area contributed by atoms with Crippen molar-refractivity contribution in [1.29, 1.82) is 0 Å². The van der Waals surface area contributed by atoms with Crippen LogP contribution in [-0.4, -0.2) is 33.3 Å². The summed E-state index contributed by atoms with van der Waals surface area (Å²) in [4.78, 5) is 24.5. The number of hydrogen-bond acceptors (Lipinski definition) is 4.